The molecule has 19 heavy (non-hydrogen) atoms. The number of nitrogens with one attached hydrogen (secondary N) is 2. The molecule has 1 amide bonds. The maximum Gasteiger partial charge on any atom is 0.237 e. The van der Waals surface area contributed by atoms with E-state index < -0.39 is 6.10 Å². The average molecular weight is 271 g/mol. The van der Waals surface area contributed by atoms with Crippen LogP contribution in [-0.4, -0.2) is 72.0 Å². The molecule has 0 spiro atoms. The number of aliphatic hydroxyl groups is 2. The van der Waals surface area contributed by atoms with Crippen molar-refractivity contribution in [2.45, 2.75) is 43.9 Å². The molecule has 0 radical (unpaired) electrons. The standard InChI is InChI=1S/C13H25N3O3/c17-9-11(18)8-16-7-1-2-12(16)13(19)15-10-3-5-14-6-4-10/h10-12,14,17-18H,1-9H2,(H,15,19). The molecule has 0 aliphatic carbocycles. The number of hydrogen-bond donors (Lipinski definition) is 4. The fraction of sp³-hybridized carbons (Fsp3) is 0.923. The molecule has 110 valence electrons. The van der Waals surface area contributed by atoms with E-state index in [0.717, 1.165) is 45.3 Å². The number of likely N-dealkylation sites (tertiary alicyclic amines) is 1. The summed E-state index contributed by atoms with van der Waals surface area (Å²) in [6, 6.07) is 0.134. The van der Waals surface area contributed by atoms with Crippen LogP contribution < -0.4 is 10.6 Å². The lowest BCUT2D eigenvalue weighted by Gasteiger charge is -2.29. The van der Waals surface area contributed by atoms with Gasteiger partial charge in [0.1, 0.15) is 0 Å². The first-order chi connectivity index (χ1) is 9.20. The molecule has 2 aliphatic rings. The minimum absolute atomic E-state index is 0.0783. The third-order valence-corrected chi connectivity index (χ3v) is 4.01. The average Bonchev–Trinajstić information content (AvgIpc) is 2.88. The van der Waals surface area contributed by atoms with E-state index in [-0.39, 0.29) is 24.6 Å². The van der Waals surface area contributed by atoms with E-state index >= 15 is 0 Å². The number of aliphatic hydroxyl groups excluding tert-OH is 2. The number of hydrogen-bond acceptors (Lipinski definition) is 5. The Labute approximate surface area is 114 Å². The Bertz CT molecular complexity index is 295. The Kier molecular flexibility index (Phi) is 5.57. The molecule has 2 rings (SSSR count). The van der Waals surface area contributed by atoms with E-state index in [4.69, 9.17) is 5.11 Å². The summed E-state index contributed by atoms with van der Waals surface area (Å²) in [6.07, 6.45) is 3.03. The number of nitrogens with zero attached hydrogens (tertiary/aromatic N) is 1. The topological polar surface area (TPSA) is 84.8 Å². The molecule has 4 N–H and O–H groups in total. The number of piperidine rings is 1. The van der Waals surface area contributed by atoms with Crippen molar-refractivity contribution in [1.82, 2.24) is 15.5 Å². The second kappa shape index (κ2) is 7.19. The predicted molar refractivity (Wildman–Crippen MR) is 71.7 cm³/mol. The number of carbonyl (C=O) groups excluding carboxylic acids is 1. The SMILES string of the molecule is O=C(NC1CCNCC1)C1CCCN1CC(O)CO. The van der Waals surface area contributed by atoms with Crippen LogP contribution in [0.5, 0.6) is 0 Å². The molecular weight excluding hydrogens is 246 g/mol. The first kappa shape index (κ1) is 14.7. The van der Waals surface area contributed by atoms with Gasteiger partial charge in [0.05, 0.1) is 18.8 Å². The highest BCUT2D eigenvalue weighted by Gasteiger charge is 2.32. The van der Waals surface area contributed by atoms with Gasteiger partial charge >= 0.3 is 0 Å². The summed E-state index contributed by atoms with van der Waals surface area (Å²) < 4.78 is 0. The van der Waals surface area contributed by atoms with Crippen molar-refractivity contribution in [2.24, 2.45) is 0 Å². The van der Waals surface area contributed by atoms with Gasteiger partial charge in [-0.05, 0) is 45.3 Å². The zero-order valence-corrected chi connectivity index (χ0v) is 11.3. The largest absolute Gasteiger partial charge is 0.394 e. The van der Waals surface area contributed by atoms with Gasteiger partial charge in [0, 0.05) is 12.6 Å². The Morgan fingerprint density at radius 1 is 1.37 bits per heavy atom. The summed E-state index contributed by atoms with van der Waals surface area (Å²) >= 11 is 0. The van der Waals surface area contributed by atoms with Crippen LogP contribution in [0.1, 0.15) is 25.7 Å². The highest BCUT2D eigenvalue weighted by atomic mass is 16.3. The molecule has 0 saturated carbocycles. The molecule has 2 heterocycles. The minimum atomic E-state index is -0.757. The second-order valence-electron chi connectivity index (χ2n) is 5.52. The molecule has 2 aliphatic heterocycles. The quantitative estimate of drug-likeness (QED) is 0.498. The van der Waals surface area contributed by atoms with Crippen molar-refractivity contribution in [3.05, 3.63) is 0 Å². The molecule has 2 unspecified atom stereocenters. The summed E-state index contributed by atoms with van der Waals surface area (Å²) in [5.74, 6) is 0.0783. The normalized spacial score (nSPS) is 27.4. The van der Waals surface area contributed by atoms with Crippen LogP contribution in [0.25, 0.3) is 0 Å². The van der Waals surface area contributed by atoms with Gasteiger partial charge in [-0.25, -0.2) is 0 Å². The molecule has 2 saturated heterocycles. The van der Waals surface area contributed by atoms with Gasteiger partial charge in [0.25, 0.3) is 0 Å². The highest BCUT2D eigenvalue weighted by molar-refractivity contribution is 5.82. The first-order valence-corrected chi connectivity index (χ1v) is 7.24. The third kappa shape index (κ3) is 4.14. The maximum atomic E-state index is 12.3. The molecule has 6 nitrogen and oxygen atoms in total. The molecule has 2 fully saturated rings. The van der Waals surface area contributed by atoms with Crippen molar-refractivity contribution in [2.75, 3.05) is 32.8 Å². The molecule has 6 heteroatoms. The maximum absolute atomic E-state index is 12.3. The van der Waals surface area contributed by atoms with Crippen LogP contribution in [0.2, 0.25) is 0 Å². The summed E-state index contributed by atoms with van der Waals surface area (Å²) in [6.45, 7) is 2.87. The Balaban J connectivity index is 1.82. The number of carbonyl (C=O) groups is 1. The lowest BCUT2D eigenvalue weighted by Crippen LogP contribution is -2.51. The first-order valence-electron chi connectivity index (χ1n) is 7.24. The molecule has 0 aromatic carbocycles. The summed E-state index contributed by atoms with van der Waals surface area (Å²) in [5.41, 5.74) is 0. The smallest absolute Gasteiger partial charge is 0.237 e. The van der Waals surface area contributed by atoms with Crippen LogP contribution in [0, 0.1) is 0 Å². The van der Waals surface area contributed by atoms with E-state index in [0.29, 0.717) is 6.54 Å². The van der Waals surface area contributed by atoms with Gasteiger partial charge in [0.15, 0.2) is 0 Å². The van der Waals surface area contributed by atoms with Crippen molar-refractivity contribution in [1.29, 1.82) is 0 Å². The third-order valence-electron chi connectivity index (χ3n) is 4.01. The van der Waals surface area contributed by atoms with Gasteiger partial charge in [0.2, 0.25) is 5.91 Å². The van der Waals surface area contributed by atoms with Crippen molar-refractivity contribution >= 4 is 5.91 Å². The Morgan fingerprint density at radius 2 is 2.11 bits per heavy atom. The van der Waals surface area contributed by atoms with Crippen molar-refractivity contribution < 1.29 is 15.0 Å². The number of rotatable bonds is 5. The van der Waals surface area contributed by atoms with Crippen LogP contribution in [-0.2, 0) is 4.79 Å². The number of β-amino-alcohol motifs (C(OH)–C–C–N with tert-alkyl or cyclic N) is 1. The van der Waals surface area contributed by atoms with Gasteiger partial charge in [-0.15, -0.1) is 0 Å². The van der Waals surface area contributed by atoms with E-state index in [2.05, 4.69) is 10.6 Å². The van der Waals surface area contributed by atoms with Crippen LogP contribution in [0.4, 0.5) is 0 Å². The van der Waals surface area contributed by atoms with Gasteiger partial charge in [-0.3, -0.25) is 9.69 Å². The molecule has 0 aromatic rings. The fourth-order valence-corrected chi connectivity index (χ4v) is 2.93. The van der Waals surface area contributed by atoms with E-state index in [9.17, 15) is 9.90 Å². The zero-order chi connectivity index (χ0) is 13.7. The monoisotopic (exact) mass is 271 g/mol. The van der Waals surface area contributed by atoms with Gasteiger partial charge < -0.3 is 20.8 Å². The summed E-state index contributed by atoms with van der Waals surface area (Å²) in [4.78, 5) is 14.3. The summed E-state index contributed by atoms with van der Waals surface area (Å²) in [5, 5.41) is 24.8. The second-order valence-corrected chi connectivity index (χ2v) is 5.52. The predicted octanol–water partition coefficient (Wildman–Crippen LogP) is -1.33. The fourth-order valence-electron chi connectivity index (χ4n) is 2.93. The lowest BCUT2D eigenvalue weighted by molar-refractivity contribution is -0.126. The molecule has 0 bridgehead atoms. The van der Waals surface area contributed by atoms with Gasteiger partial charge in [-0.2, -0.15) is 0 Å². The van der Waals surface area contributed by atoms with Crippen LogP contribution >= 0.6 is 0 Å². The van der Waals surface area contributed by atoms with E-state index in [1.165, 1.54) is 0 Å². The van der Waals surface area contributed by atoms with Crippen LogP contribution in [0.15, 0.2) is 0 Å². The highest BCUT2D eigenvalue weighted by Crippen LogP contribution is 2.18. The van der Waals surface area contributed by atoms with Crippen molar-refractivity contribution in [3.8, 4) is 0 Å². The Hall–Kier alpha value is -0.690. The molecule has 0 aromatic heterocycles. The summed E-state index contributed by atoms with van der Waals surface area (Å²) in [7, 11) is 0. The molecule has 2 atom stereocenters. The molecular formula is C13H25N3O3. The lowest BCUT2D eigenvalue weighted by atomic mass is 10.1. The Morgan fingerprint density at radius 3 is 2.79 bits per heavy atom. The minimum Gasteiger partial charge on any atom is -0.394 e. The van der Waals surface area contributed by atoms with Gasteiger partial charge in [-0.1, -0.05) is 0 Å². The van der Waals surface area contributed by atoms with Crippen LogP contribution in [0.3, 0.4) is 0 Å². The zero-order valence-electron chi connectivity index (χ0n) is 11.3. The van der Waals surface area contributed by atoms with E-state index in [1.54, 1.807) is 0 Å². The van der Waals surface area contributed by atoms with Crippen molar-refractivity contribution in [3.63, 3.8) is 0 Å². The van der Waals surface area contributed by atoms with E-state index in [1.807, 2.05) is 4.90 Å². The number of amides is 1.